The van der Waals surface area contributed by atoms with Crippen molar-refractivity contribution in [3.05, 3.63) is 27.5 Å². The minimum Gasteiger partial charge on any atom is -0.465 e. The van der Waals surface area contributed by atoms with Crippen molar-refractivity contribution in [3.63, 3.8) is 0 Å². The summed E-state index contributed by atoms with van der Waals surface area (Å²) in [5.74, 6) is -0.459. The van der Waals surface area contributed by atoms with Gasteiger partial charge in [-0.1, -0.05) is 11.6 Å². The van der Waals surface area contributed by atoms with Crippen LogP contribution in [-0.4, -0.2) is 13.1 Å². The first kappa shape index (κ1) is 11.3. The fourth-order valence-electron chi connectivity index (χ4n) is 1.12. The summed E-state index contributed by atoms with van der Waals surface area (Å²) >= 11 is 11.7. The Morgan fingerprint density at radius 2 is 2.07 bits per heavy atom. The van der Waals surface area contributed by atoms with E-state index < -0.39 is 5.97 Å². The Morgan fingerprint density at radius 3 is 2.57 bits per heavy atom. The van der Waals surface area contributed by atoms with Crippen LogP contribution in [0.3, 0.4) is 0 Å². The molecule has 0 aromatic carbocycles. The zero-order valence-corrected chi connectivity index (χ0v) is 9.61. The molecule has 1 aromatic rings. The van der Waals surface area contributed by atoms with Gasteiger partial charge in [0.2, 0.25) is 0 Å². The van der Waals surface area contributed by atoms with Gasteiger partial charge in [-0.15, -0.1) is 0 Å². The first-order valence-corrected chi connectivity index (χ1v) is 4.67. The molecule has 0 aliphatic rings. The maximum Gasteiger partial charge on any atom is 0.345 e. The Kier molecular flexibility index (Phi) is 3.34. The van der Waals surface area contributed by atoms with Crippen LogP contribution >= 0.6 is 23.2 Å². The summed E-state index contributed by atoms with van der Waals surface area (Å²) in [6.45, 7) is 1.75. The van der Waals surface area contributed by atoms with Crippen molar-refractivity contribution in [1.29, 1.82) is 0 Å². The summed E-state index contributed by atoms with van der Waals surface area (Å²) < 4.78 is 6.28. The van der Waals surface area contributed by atoms with E-state index in [9.17, 15) is 4.79 Å². The average molecular weight is 235 g/mol. The van der Waals surface area contributed by atoms with E-state index in [2.05, 4.69) is 4.74 Å². The molecule has 0 unspecified atom stereocenters. The molecule has 1 heterocycles. The molecular weight excluding hydrogens is 225 g/mol. The number of aromatic nitrogens is 1. The number of pyridine rings is 1. The zero-order chi connectivity index (χ0) is 10.9. The molecule has 0 amide bonds. The number of esters is 1. The van der Waals surface area contributed by atoms with Crippen molar-refractivity contribution in [1.82, 2.24) is 0 Å². The molecule has 3 nitrogen and oxygen atoms in total. The monoisotopic (exact) mass is 234 g/mol. The lowest BCUT2D eigenvalue weighted by Crippen LogP contribution is -2.35. The molecule has 1 rings (SSSR count). The Morgan fingerprint density at radius 1 is 1.50 bits per heavy atom. The Balaban J connectivity index is 3.44. The zero-order valence-electron chi connectivity index (χ0n) is 8.10. The molecule has 0 atom stereocenters. The lowest BCUT2D eigenvalue weighted by Gasteiger charge is -2.04. The third kappa shape index (κ3) is 1.83. The lowest BCUT2D eigenvalue weighted by molar-refractivity contribution is -0.675. The lowest BCUT2D eigenvalue weighted by atomic mass is 10.2. The van der Waals surface area contributed by atoms with E-state index in [1.807, 2.05) is 0 Å². The second-order valence-corrected chi connectivity index (χ2v) is 3.62. The highest BCUT2D eigenvalue weighted by Crippen LogP contribution is 2.21. The SMILES string of the molecule is COC(=O)c1c(Cl)cc(Cl)[n+](C)c1C. The van der Waals surface area contributed by atoms with Gasteiger partial charge in [-0.05, 0) is 11.6 Å². The fourth-order valence-corrected chi connectivity index (χ4v) is 1.73. The summed E-state index contributed by atoms with van der Waals surface area (Å²) in [6.07, 6.45) is 0. The van der Waals surface area contributed by atoms with Crippen LogP contribution in [0.25, 0.3) is 0 Å². The minimum atomic E-state index is -0.459. The van der Waals surface area contributed by atoms with E-state index in [0.717, 1.165) is 0 Å². The number of halogens is 2. The van der Waals surface area contributed by atoms with Crippen molar-refractivity contribution in [2.75, 3.05) is 7.11 Å². The fraction of sp³-hybridized carbons (Fsp3) is 0.333. The molecule has 14 heavy (non-hydrogen) atoms. The van der Waals surface area contributed by atoms with Gasteiger partial charge < -0.3 is 4.74 Å². The van der Waals surface area contributed by atoms with Crippen molar-refractivity contribution < 1.29 is 14.1 Å². The van der Waals surface area contributed by atoms with Gasteiger partial charge in [0.1, 0.15) is 12.6 Å². The van der Waals surface area contributed by atoms with Crippen LogP contribution in [0.2, 0.25) is 10.2 Å². The molecule has 76 valence electrons. The van der Waals surface area contributed by atoms with Gasteiger partial charge in [0.15, 0.2) is 5.69 Å². The van der Waals surface area contributed by atoms with Gasteiger partial charge in [-0.2, -0.15) is 4.57 Å². The predicted octanol–water partition coefficient (Wildman–Crippen LogP) is 1.91. The van der Waals surface area contributed by atoms with Gasteiger partial charge in [0.25, 0.3) is 5.15 Å². The highest BCUT2D eigenvalue weighted by atomic mass is 35.5. The van der Waals surface area contributed by atoms with Crippen LogP contribution in [0.5, 0.6) is 0 Å². The van der Waals surface area contributed by atoms with Crippen molar-refractivity contribution in [3.8, 4) is 0 Å². The smallest absolute Gasteiger partial charge is 0.345 e. The Bertz CT molecular complexity index is 391. The maximum atomic E-state index is 11.4. The summed E-state index contributed by atoms with van der Waals surface area (Å²) in [4.78, 5) is 11.4. The van der Waals surface area contributed by atoms with Gasteiger partial charge >= 0.3 is 5.97 Å². The normalized spacial score (nSPS) is 10.1. The average Bonchev–Trinajstić information content (AvgIpc) is 2.14. The van der Waals surface area contributed by atoms with Gasteiger partial charge in [-0.3, -0.25) is 0 Å². The van der Waals surface area contributed by atoms with E-state index in [4.69, 9.17) is 23.2 Å². The number of rotatable bonds is 1. The van der Waals surface area contributed by atoms with Crippen LogP contribution in [0.15, 0.2) is 6.07 Å². The number of nitrogens with zero attached hydrogens (tertiary/aromatic N) is 1. The van der Waals surface area contributed by atoms with Gasteiger partial charge in [-0.25, -0.2) is 4.79 Å². The molecule has 0 N–H and O–H groups in total. The van der Waals surface area contributed by atoms with Gasteiger partial charge in [0, 0.05) is 13.0 Å². The van der Waals surface area contributed by atoms with E-state index in [0.29, 0.717) is 21.4 Å². The largest absolute Gasteiger partial charge is 0.465 e. The minimum absolute atomic E-state index is 0.303. The molecule has 0 aliphatic carbocycles. The molecule has 0 aliphatic heterocycles. The van der Waals surface area contributed by atoms with Crippen LogP contribution < -0.4 is 4.57 Å². The van der Waals surface area contributed by atoms with E-state index in [-0.39, 0.29) is 0 Å². The number of carbonyl (C=O) groups is 1. The number of carbonyl (C=O) groups excluding carboxylic acids is 1. The Labute approximate surface area is 92.2 Å². The summed E-state index contributed by atoms with van der Waals surface area (Å²) in [5, 5.41) is 0.776. The number of hydrogen-bond donors (Lipinski definition) is 0. The summed E-state index contributed by atoms with van der Waals surface area (Å²) in [5.41, 5.74) is 1.02. The summed E-state index contributed by atoms with van der Waals surface area (Å²) in [6, 6.07) is 1.52. The van der Waals surface area contributed by atoms with E-state index in [1.54, 1.807) is 18.5 Å². The van der Waals surface area contributed by atoms with Crippen LogP contribution in [0, 0.1) is 6.92 Å². The van der Waals surface area contributed by atoms with Crippen molar-refractivity contribution in [2.45, 2.75) is 6.92 Å². The number of hydrogen-bond acceptors (Lipinski definition) is 2. The molecule has 0 spiro atoms. The van der Waals surface area contributed by atoms with Gasteiger partial charge in [0.05, 0.1) is 12.1 Å². The Hall–Kier alpha value is -0.800. The molecule has 0 bridgehead atoms. The number of methoxy groups -OCH3 is 1. The molecule has 1 aromatic heterocycles. The van der Waals surface area contributed by atoms with E-state index in [1.165, 1.54) is 13.2 Å². The van der Waals surface area contributed by atoms with Crippen LogP contribution in [0.1, 0.15) is 16.1 Å². The highest BCUT2D eigenvalue weighted by molar-refractivity contribution is 6.35. The first-order chi connectivity index (χ1) is 6.49. The second kappa shape index (κ2) is 4.15. The molecular formula is C9H10Cl2NO2+. The first-order valence-electron chi connectivity index (χ1n) is 3.92. The quantitative estimate of drug-likeness (QED) is 0.423. The third-order valence-corrected chi connectivity index (χ3v) is 2.72. The maximum absolute atomic E-state index is 11.4. The molecule has 5 heteroatoms. The standard InChI is InChI=1S/C9H10Cl2NO2/c1-5-8(9(13)14-3)6(10)4-7(11)12(5)2/h4H,1-3H3/q+1. The molecule has 0 fully saturated rings. The van der Waals surface area contributed by atoms with Crippen LogP contribution in [-0.2, 0) is 11.8 Å². The second-order valence-electron chi connectivity index (χ2n) is 2.83. The third-order valence-electron chi connectivity index (χ3n) is 2.06. The highest BCUT2D eigenvalue weighted by Gasteiger charge is 2.23. The predicted molar refractivity (Wildman–Crippen MR) is 53.7 cm³/mol. The van der Waals surface area contributed by atoms with Crippen molar-refractivity contribution in [2.24, 2.45) is 7.05 Å². The topological polar surface area (TPSA) is 30.2 Å². The van der Waals surface area contributed by atoms with Crippen molar-refractivity contribution >= 4 is 29.2 Å². The molecule has 0 saturated carbocycles. The summed E-state index contributed by atoms with van der Waals surface area (Å²) in [7, 11) is 3.06. The number of ether oxygens (including phenoxy) is 1. The van der Waals surface area contributed by atoms with Crippen LogP contribution in [0.4, 0.5) is 0 Å². The van der Waals surface area contributed by atoms with E-state index >= 15 is 0 Å². The molecule has 0 radical (unpaired) electrons. The molecule has 0 saturated heterocycles.